The number of aromatic nitrogens is 1. The monoisotopic (exact) mass is 412 g/mol. The van der Waals surface area contributed by atoms with Crippen molar-refractivity contribution in [3.05, 3.63) is 53.6 Å². The Balaban J connectivity index is 0.00000218. The number of nitrogens with one attached hydrogen (secondary N) is 1. The first kappa shape index (κ1) is 20.1. The van der Waals surface area contributed by atoms with E-state index >= 15 is 0 Å². The Morgan fingerprint density at radius 3 is 2.77 bits per heavy atom. The van der Waals surface area contributed by atoms with Crippen LogP contribution in [0.1, 0.15) is 31.4 Å². The summed E-state index contributed by atoms with van der Waals surface area (Å²) in [5.41, 5.74) is 3.18. The molecular weight excluding hydrogens is 387 g/mol. The van der Waals surface area contributed by atoms with Crippen molar-refractivity contribution in [3.63, 3.8) is 0 Å². The van der Waals surface area contributed by atoms with Gasteiger partial charge in [0.25, 0.3) is 0 Å². The lowest BCUT2D eigenvalue weighted by molar-refractivity contribution is -0.122. The number of carbonyl (C=O) groups is 2. The number of benzene rings is 1. The third-order valence-electron chi connectivity index (χ3n) is 5.64. The normalized spacial score (nSPS) is 19.9. The summed E-state index contributed by atoms with van der Waals surface area (Å²) in [6.07, 6.45) is 4.43. The molecule has 1 atom stereocenters. The van der Waals surface area contributed by atoms with Gasteiger partial charge in [0.05, 0.1) is 24.5 Å². The van der Waals surface area contributed by atoms with E-state index in [2.05, 4.69) is 10.3 Å². The zero-order chi connectivity index (χ0) is 20.0. The first-order chi connectivity index (χ1) is 14.1. The molecule has 0 bridgehead atoms. The van der Waals surface area contributed by atoms with Crippen molar-refractivity contribution in [1.29, 1.82) is 0 Å². The van der Waals surface area contributed by atoms with Gasteiger partial charge < -0.3 is 15.0 Å². The fraction of sp³-hybridized carbons (Fsp3) is 0.409. The Labute approximate surface area is 174 Å². The molecule has 0 spiro atoms. The van der Waals surface area contributed by atoms with Crippen molar-refractivity contribution in [1.82, 2.24) is 10.3 Å². The second-order valence-corrected chi connectivity index (χ2v) is 7.77. The first-order valence-electron chi connectivity index (χ1n) is 9.80. The molecule has 8 heteroatoms. The number of cyclic esters (lactones) is 1. The van der Waals surface area contributed by atoms with Gasteiger partial charge in [-0.25, -0.2) is 9.18 Å². The lowest BCUT2D eigenvalue weighted by Crippen LogP contribution is -2.35. The minimum absolute atomic E-state index is 0. The average molecular weight is 412 g/mol. The average Bonchev–Trinajstić information content (AvgIpc) is 3.37. The Bertz CT molecular complexity index is 954. The zero-order valence-corrected chi connectivity index (χ0v) is 15.8. The number of hydrogen-bond donors (Lipinski definition) is 1. The summed E-state index contributed by atoms with van der Waals surface area (Å²) < 4.78 is 20.2. The number of halogens is 1. The molecule has 1 N–H and O–H groups in total. The molecule has 0 radical (unpaired) electrons. The number of amides is 2. The van der Waals surface area contributed by atoms with Crippen LogP contribution in [0.5, 0.6) is 0 Å². The van der Waals surface area contributed by atoms with E-state index in [1.54, 1.807) is 18.3 Å². The molecule has 0 unspecified atom stereocenters. The molecule has 3 heterocycles. The van der Waals surface area contributed by atoms with Gasteiger partial charge in [-0.2, -0.15) is 0 Å². The molecule has 1 saturated heterocycles. The maximum atomic E-state index is 14.9. The zero-order valence-electron chi connectivity index (χ0n) is 15.8. The number of carbonyl (C=O) groups excluding carboxylic acids is 2. The van der Waals surface area contributed by atoms with Gasteiger partial charge >= 0.3 is 6.09 Å². The molecule has 1 aromatic heterocycles. The van der Waals surface area contributed by atoms with Crippen LogP contribution in [0.15, 0.2) is 36.7 Å². The molecule has 2 fully saturated rings. The highest BCUT2D eigenvalue weighted by atomic mass is 19.1. The van der Waals surface area contributed by atoms with Gasteiger partial charge in [0.2, 0.25) is 5.91 Å². The number of hydrogen-bond acceptors (Lipinski definition) is 5. The summed E-state index contributed by atoms with van der Waals surface area (Å²) in [6, 6.07) is 6.73. The molecule has 3 aliphatic rings. The van der Waals surface area contributed by atoms with Crippen molar-refractivity contribution in [3.8, 4) is 0 Å². The molecule has 158 valence electrons. The largest absolute Gasteiger partial charge is 0.442 e. The van der Waals surface area contributed by atoms with Crippen LogP contribution in [0.25, 0.3) is 0 Å². The minimum Gasteiger partial charge on any atom is -0.442 e. The third-order valence-corrected chi connectivity index (χ3v) is 5.64. The van der Waals surface area contributed by atoms with Crippen LogP contribution >= 0.6 is 0 Å². The number of anilines is 2. The summed E-state index contributed by atoms with van der Waals surface area (Å²) in [6.45, 7) is 1.79. The molecule has 7 nitrogen and oxygen atoms in total. The van der Waals surface area contributed by atoms with Gasteiger partial charge in [0.1, 0.15) is 11.9 Å². The molecule has 1 aliphatic carbocycles. The van der Waals surface area contributed by atoms with Crippen LogP contribution in [0.3, 0.4) is 0 Å². The number of nitrogens with zero attached hydrogens (tertiary/aromatic N) is 3. The molecular formula is C22H25FN4O3. The molecule has 1 aromatic carbocycles. The fourth-order valence-electron chi connectivity index (χ4n) is 3.85. The van der Waals surface area contributed by atoms with Crippen molar-refractivity contribution in [2.24, 2.45) is 5.92 Å². The van der Waals surface area contributed by atoms with Crippen LogP contribution in [-0.4, -0.2) is 36.2 Å². The van der Waals surface area contributed by atoms with Crippen molar-refractivity contribution in [2.45, 2.75) is 39.5 Å². The molecule has 2 aromatic rings. The Morgan fingerprint density at radius 1 is 1.23 bits per heavy atom. The molecule has 2 amide bonds. The lowest BCUT2D eigenvalue weighted by Gasteiger charge is -2.20. The molecule has 2 aliphatic heterocycles. The summed E-state index contributed by atoms with van der Waals surface area (Å²) in [5, 5.41) is 2.82. The Morgan fingerprint density at radius 2 is 2.03 bits per heavy atom. The van der Waals surface area contributed by atoms with E-state index in [0.717, 1.165) is 24.0 Å². The second-order valence-electron chi connectivity index (χ2n) is 7.77. The van der Waals surface area contributed by atoms with Gasteiger partial charge in [0.15, 0.2) is 0 Å². The maximum Gasteiger partial charge on any atom is 0.414 e. The minimum atomic E-state index is -0.525. The number of pyridine rings is 1. The van der Waals surface area contributed by atoms with E-state index in [1.165, 1.54) is 11.0 Å². The van der Waals surface area contributed by atoms with Crippen LogP contribution in [0, 0.1) is 11.7 Å². The van der Waals surface area contributed by atoms with Gasteiger partial charge in [-0.05, 0) is 48.2 Å². The van der Waals surface area contributed by atoms with E-state index in [9.17, 15) is 14.0 Å². The Kier molecular flexibility index (Phi) is 5.32. The predicted molar refractivity (Wildman–Crippen MR) is 111 cm³/mol. The van der Waals surface area contributed by atoms with Gasteiger partial charge in [-0.3, -0.25) is 14.7 Å². The van der Waals surface area contributed by atoms with Crippen LogP contribution < -0.4 is 15.1 Å². The molecule has 30 heavy (non-hydrogen) atoms. The number of rotatable bonds is 5. The third kappa shape index (κ3) is 3.81. The van der Waals surface area contributed by atoms with Crippen molar-refractivity contribution < 1.29 is 18.7 Å². The highest BCUT2D eigenvalue weighted by Gasteiger charge is 2.35. The topological polar surface area (TPSA) is 74.8 Å². The highest BCUT2D eigenvalue weighted by molar-refractivity contribution is 5.90. The summed E-state index contributed by atoms with van der Waals surface area (Å²) in [4.78, 5) is 31.5. The highest BCUT2D eigenvalue weighted by Crippen LogP contribution is 2.33. The summed E-state index contributed by atoms with van der Waals surface area (Å²) >= 11 is 0. The van der Waals surface area contributed by atoms with Crippen molar-refractivity contribution in [2.75, 3.05) is 22.9 Å². The van der Waals surface area contributed by atoms with Crippen LogP contribution in [0.2, 0.25) is 0 Å². The second kappa shape index (κ2) is 7.93. The number of ether oxygens (including phenoxy) is 1. The SMILES string of the molecule is C.O=C(NC[C@H]1CN(c2ccc(N3Cc4ccncc4C3)c(F)c2)C(=O)O1)C1CC1. The molecule has 5 rings (SSSR count). The van der Waals surface area contributed by atoms with E-state index in [-0.39, 0.29) is 38.2 Å². The van der Waals surface area contributed by atoms with E-state index in [1.807, 2.05) is 17.2 Å². The van der Waals surface area contributed by atoms with E-state index < -0.39 is 12.2 Å². The van der Waals surface area contributed by atoms with Crippen molar-refractivity contribution >= 4 is 23.4 Å². The first-order valence-corrected chi connectivity index (χ1v) is 9.80. The smallest absolute Gasteiger partial charge is 0.414 e. The number of fused-ring (bicyclic) bond motifs is 1. The quantitative estimate of drug-likeness (QED) is 0.816. The summed E-state index contributed by atoms with van der Waals surface area (Å²) in [7, 11) is 0. The summed E-state index contributed by atoms with van der Waals surface area (Å²) in [5.74, 6) is -0.268. The Hall–Kier alpha value is -3.16. The predicted octanol–water partition coefficient (Wildman–Crippen LogP) is 3.23. The molecule has 1 saturated carbocycles. The van der Waals surface area contributed by atoms with Gasteiger partial charge in [0, 0.05) is 31.4 Å². The maximum absolute atomic E-state index is 14.9. The van der Waals surface area contributed by atoms with E-state index in [0.29, 0.717) is 24.5 Å². The van der Waals surface area contributed by atoms with Gasteiger partial charge in [-0.1, -0.05) is 7.43 Å². The van der Waals surface area contributed by atoms with E-state index in [4.69, 9.17) is 4.74 Å². The van der Waals surface area contributed by atoms with Crippen LogP contribution in [0.4, 0.5) is 20.6 Å². The fourth-order valence-corrected chi connectivity index (χ4v) is 3.85. The standard InChI is InChI=1S/C21H21FN4O3.CH4/c22-18-7-16(3-4-19(18)25-10-14-5-6-23-8-15(14)11-25)26-12-17(29-21(26)28)9-24-20(27)13-1-2-13;/h3-8,13,17H,1-2,9-12H2,(H,24,27);1H4/t17-;/m0./s1. The lowest BCUT2D eigenvalue weighted by atomic mass is 10.2. The van der Waals surface area contributed by atoms with Gasteiger partial charge in [-0.15, -0.1) is 0 Å². The van der Waals surface area contributed by atoms with Crippen LogP contribution in [-0.2, 0) is 22.6 Å².